The van der Waals surface area contributed by atoms with Gasteiger partial charge in [-0.2, -0.15) is 18.8 Å². The summed E-state index contributed by atoms with van der Waals surface area (Å²) in [6.45, 7) is 15.7. The number of hydrogen-bond acceptors (Lipinski definition) is 4. The van der Waals surface area contributed by atoms with Crippen molar-refractivity contribution in [2.24, 2.45) is 0 Å². The summed E-state index contributed by atoms with van der Waals surface area (Å²) in [5, 5.41) is 2.29. The van der Waals surface area contributed by atoms with Crippen molar-refractivity contribution in [3.05, 3.63) is 144 Å². The molecule has 4 heterocycles. The maximum atomic E-state index is 6.36. The van der Waals surface area contributed by atoms with Gasteiger partial charge in [0.25, 0.3) is 0 Å². The molecule has 0 fully saturated rings. The maximum Gasteiger partial charge on any atom is 3.00 e. The van der Waals surface area contributed by atoms with Crippen LogP contribution in [0.5, 0.6) is 0 Å². The molecule has 0 atom stereocenters. The fraction of sp³-hybridized carbons (Fsp3) is 0.227. The Kier molecular flexibility index (Phi) is 8.74. The van der Waals surface area contributed by atoms with E-state index in [-0.39, 0.29) is 25.5 Å². The van der Waals surface area contributed by atoms with Crippen LogP contribution in [-0.4, -0.2) is 16.6 Å². The van der Waals surface area contributed by atoms with Gasteiger partial charge in [0.15, 0.2) is 0 Å². The molecule has 9 rings (SSSR count). The van der Waals surface area contributed by atoms with Crippen LogP contribution in [0.1, 0.15) is 75.6 Å². The first-order valence-electron chi connectivity index (χ1n) is 17.2. The van der Waals surface area contributed by atoms with E-state index in [0.717, 1.165) is 39.0 Å². The van der Waals surface area contributed by atoms with Crippen molar-refractivity contribution in [3.8, 4) is 17.1 Å². The van der Waals surface area contributed by atoms with Crippen molar-refractivity contribution in [2.75, 3.05) is 16.8 Å². The second-order valence-corrected chi connectivity index (χ2v) is 14.2. The minimum absolute atomic E-state index is 0. The first-order chi connectivity index (χ1) is 23.7. The van der Waals surface area contributed by atoms with Gasteiger partial charge in [-0.3, -0.25) is 4.98 Å². The molecule has 0 saturated carbocycles. The molecule has 0 bridgehead atoms. The monoisotopic (exact) mass is 834 g/mol. The quantitative estimate of drug-likeness (QED) is 0.166. The minimum Gasteiger partial charge on any atom is -0.504 e. The maximum absolute atomic E-state index is 6.36. The van der Waals surface area contributed by atoms with Gasteiger partial charge in [-0.1, -0.05) is 107 Å². The van der Waals surface area contributed by atoms with Gasteiger partial charge in [0.05, 0.1) is 5.82 Å². The molecule has 6 heteroatoms. The molecule has 0 radical (unpaired) electrons. The Hall–Kier alpha value is -4.64. The normalized spacial score (nSPS) is 14.1. The smallest absolute Gasteiger partial charge is 0.504 e. The molecule has 2 aromatic heterocycles. The van der Waals surface area contributed by atoms with Crippen LogP contribution >= 0.6 is 0 Å². The summed E-state index contributed by atoms with van der Waals surface area (Å²) in [6.07, 6.45) is 3.93. The first-order valence-corrected chi connectivity index (χ1v) is 17.2. The molecule has 2 aliphatic rings. The second kappa shape index (κ2) is 12.9. The van der Waals surface area contributed by atoms with Crippen molar-refractivity contribution in [3.63, 3.8) is 0 Å². The summed E-state index contributed by atoms with van der Waals surface area (Å²) in [5.41, 5.74) is 12.9. The van der Waals surface area contributed by atoms with Crippen LogP contribution in [0.3, 0.4) is 0 Å². The first kappa shape index (κ1) is 33.8. The predicted molar refractivity (Wildman–Crippen MR) is 202 cm³/mol. The summed E-state index contributed by atoms with van der Waals surface area (Å²) in [4.78, 5) is 9.04. The third-order valence-electron chi connectivity index (χ3n) is 10.1. The third-order valence-corrected chi connectivity index (χ3v) is 10.1. The standard InChI is InChI=1S/C23H18N2O.C21H23N2.Ir/c1-23(2)16-8-6-9-18-21(16)25(13-24(18)3)17-12-11-15-14-7-4-5-10-19(14)26-22(15)20(17)23;1-15(2)18-11-8-12-19(16(3)4)20(18)23-14-13-22-21(23)17-9-6-5-7-10-17;/h4-11,13H,1-3H3;5-9,11-16H,1-4H3;/q-2;-1;+3. The molecule has 7 aromatic rings. The molecule has 0 N–H and O–H groups in total. The summed E-state index contributed by atoms with van der Waals surface area (Å²) in [6, 6.07) is 38.4. The van der Waals surface area contributed by atoms with Crippen LogP contribution in [0.25, 0.3) is 39.0 Å². The summed E-state index contributed by atoms with van der Waals surface area (Å²) in [5.74, 6) is 1.86. The van der Waals surface area contributed by atoms with Gasteiger partial charge in [-0.25, -0.2) is 0 Å². The van der Waals surface area contributed by atoms with Crippen LogP contribution < -0.4 is 9.80 Å². The Morgan fingerprint density at radius 2 is 1.52 bits per heavy atom. The van der Waals surface area contributed by atoms with E-state index in [4.69, 9.17) is 4.42 Å². The molecule has 5 nitrogen and oxygen atoms in total. The van der Waals surface area contributed by atoms with Crippen LogP contribution in [0.15, 0.2) is 108 Å². The Morgan fingerprint density at radius 3 is 2.24 bits per heavy atom. The number of para-hydroxylation sites is 3. The Bertz CT molecular complexity index is 2310. The average molecular weight is 834 g/mol. The second-order valence-electron chi connectivity index (χ2n) is 14.2. The van der Waals surface area contributed by atoms with Gasteiger partial charge in [-0.15, -0.1) is 35.9 Å². The average Bonchev–Trinajstić information content (AvgIpc) is 3.83. The minimum atomic E-state index is -0.167. The van der Waals surface area contributed by atoms with E-state index in [2.05, 4.69) is 154 Å². The van der Waals surface area contributed by atoms with E-state index in [1.165, 1.54) is 39.3 Å². The SMILES string of the molecule is CC(C)c1cccc(C(C)C)c1-n1ccnc1-c1[c-]cccc1.CN1[CH-]N2c3[c-]cc4c(oc5ccccc54)c3C(C)(C)c3cccc1c32.[Ir+3]. The molecular formula is C44H41IrN4O. The zero-order chi connectivity index (χ0) is 34.0. The Balaban J connectivity index is 0.000000155. The van der Waals surface area contributed by atoms with E-state index >= 15 is 0 Å². The van der Waals surface area contributed by atoms with Gasteiger partial charge in [0.2, 0.25) is 0 Å². The molecule has 0 unspecified atom stereocenters. The number of anilines is 3. The molecule has 252 valence electrons. The fourth-order valence-electron chi connectivity index (χ4n) is 7.66. The van der Waals surface area contributed by atoms with Crippen molar-refractivity contribution in [2.45, 2.75) is 58.8 Å². The van der Waals surface area contributed by atoms with Crippen molar-refractivity contribution >= 4 is 39.0 Å². The molecule has 50 heavy (non-hydrogen) atoms. The van der Waals surface area contributed by atoms with Crippen LogP contribution in [0, 0.1) is 18.8 Å². The van der Waals surface area contributed by atoms with E-state index in [1.54, 1.807) is 0 Å². The van der Waals surface area contributed by atoms with Gasteiger partial charge in [0, 0.05) is 35.0 Å². The Labute approximate surface area is 308 Å². The molecular weight excluding hydrogens is 793 g/mol. The van der Waals surface area contributed by atoms with Gasteiger partial charge >= 0.3 is 20.1 Å². The molecule has 0 amide bonds. The number of rotatable bonds is 4. The van der Waals surface area contributed by atoms with E-state index in [0.29, 0.717) is 11.8 Å². The van der Waals surface area contributed by atoms with Gasteiger partial charge < -0.3 is 18.8 Å². The molecule has 0 aliphatic carbocycles. The molecule has 0 spiro atoms. The van der Waals surface area contributed by atoms with E-state index in [9.17, 15) is 0 Å². The Morgan fingerprint density at radius 1 is 0.800 bits per heavy atom. The van der Waals surface area contributed by atoms with Crippen LogP contribution in [0.4, 0.5) is 17.1 Å². The summed E-state index contributed by atoms with van der Waals surface area (Å²) < 4.78 is 8.58. The van der Waals surface area contributed by atoms with Crippen LogP contribution in [0.2, 0.25) is 0 Å². The van der Waals surface area contributed by atoms with Crippen molar-refractivity contribution in [1.82, 2.24) is 9.55 Å². The van der Waals surface area contributed by atoms with E-state index in [1.807, 2.05) is 36.5 Å². The summed E-state index contributed by atoms with van der Waals surface area (Å²) >= 11 is 0. The molecule has 5 aromatic carbocycles. The topological polar surface area (TPSA) is 37.4 Å². The van der Waals surface area contributed by atoms with Crippen molar-refractivity contribution < 1.29 is 24.5 Å². The number of imidazole rings is 1. The molecule has 2 aliphatic heterocycles. The fourth-order valence-corrected chi connectivity index (χ4v) is 7.66. The van der Waals surface area contributed by atoms with Gasteiger partial charge in [-0.05, 0) is 58.5 Å². The van der Waals surface area contributed by atoms with E-state index < -0.39 is 0 Å². The van der Waals surface area contributed by atoms with Crippen molar-refractivity contribution in [1.29, 1.82) is 0 Å². The number of benzene rings is 5. The predicted octanol–water partition coefficient (Wildman–Crippen LogP) is 11.3. The zero-order valence-electron chi connectivity index (χ0n) is 29.6. The van der Waals surface area contributed by atoms with Gasteiger partial charge in [0.1, 0.15) is 5.58 Å². The number of hydrogen-bond donors (Lipinski definition) is 0. The molecule has 0 saturated heterocycles. The number of nitrogens with zero attached hydrogens (tertiary/aromatic N) is 4. The van der Waals surface area contributed by atoms with Crippen LogP contribution in [-0.2, 0) is 25.5 Å². The third kappa shape index (κ3) is 5.28. The number of furan rings is 1. The largest absolute Gasteiger partial charge is 3.00 e. The number of aromatic nitrogens is 2. The summed E-state index contributed by atoms with van der Waals surface area (Å²) in [7, 11) is 2.10. The zero-order valence-corrected chi connectivity index (χ0v) is 32.0. The number of fused-ring (bicyclic) bond motifs is 6.